The minimum Gasteiger partial charge on any atom is -0.314 e. The summed E-state index contributed by atoms with van der Waals surface area (Å²) in [6.45, 7) is 1.29. The molecule has 2 atom stereocenters. The second-order valence-corrected chi connectivity index (χ2v) is 3.99. The van der Waals surface area contributed by atoms with Crippen LogP contribution < -0.4 is 5.32 Å². The monoisotopic (exact) mass is 214 g/mol. The molecule has 1 aliphatic heterocycles. The van der Waals surface area contributed by atoms with Crippen LogP contribution in [-0.4, -0.2) is 24.2 Å². The lowest BCUT2D eigenvalue weighted by molar-refractivity contribution is 0.231. The van der Waals surface area contributed by atoms with Crippen molar-refractivity contribution in [3.05, 3.63) is 29.0 Å². The van der Waals surface area contributed by atoms with Crippen LogP contribution in [0.15, 0.2) is 18.5 Å². The first-order valence-corrected chi connectivity index (χ1v) is 5.10. The number of alkyl halides is 1. The van der Waals surface area contributed by atoms with Gasteiger partial charge in [-0.05, 0) is 24.6 Å². The lowest BCUT2D eigenvalue weighted by atomic mass is 9.90. The molecule has 14 heavy (non-hydrogen) atoms. The Bertz CT molecular complexity index is 319. The number of piperidine rings is 1. The Labute approximate surface area is 87.5 Å². The average Bonchev–Trinajstić information content (AvgIpc) is 2.18. The Morgan fingerprint density at radius 1 is 1.50 bits per heavy atom. The second kappa shape index (κ2) is 4.24. The average molecular weight is 215 g/mol. The van der Waals surface area contributed by atoms with Crippen LogP contribution in [0.3, 0.4) is 0 Å². The van der Waals surface area contributed by atoms with Crippen molar-refractivity contribution < 1.29 is 4.39 Å². The van der Waals surface area contributed by atoms with E-state index in [0.29, 0.717) is 11.6 Å². The van der Waals surface area contributed by atoms with Crippen molar-refractivity contribution in [3.8, 4) is 0 Å². The van der Waals surface area contributed by atoms with E-state index < -0.39 is 6.17 Å². The number of rotatable bonds is 1. The summed E-state index contributed by atoms with van der Waals surface area (Å²) in [5.41, 5.74) is 0.909. The molecule has 1 fully saturated rings. The summed E-state index contributed by atoms with van der Waals surface area (Å²) in [4.78, 5) is 3.97. The Hall–Kier alpha value is -0.670. The lowest BCUT2D eigenvalue weighted by Crippen LogP contribution is -2.36. The standard InChI is InChI=1S/C10H12ClFN2/c11-8-3-7(4-14-5-8)9-1-2-13-6-10(9)12/h3-5,9-10,13H,1-2,6H2. The molecule has 1 aliphatic rings. The van der Waals surface area contributed by atoms with Crippen LogP contribution in [0.1, 0.15) is 17.9 Å². The first kappa shape index (κ1) is 9.87. The highest BCUT2D eigenvalue weighted by Crippen LogP contribution is 2.28. The molecule has 1 aromatic rings. The van der Waals surface area contributed by atoms with E-state index in [-0.39, 0.29) is 5.92 Å². The van der Waals surface area contributed by atoms with E-state index in [4.69, 9.17) is 11.6 Å². The fourth-order valence-corrected chi connectivity index (χ4v) is 2.01. The summed E-state index contributed by atoms with van der Waals surface area (Å²) in [7, 11) is 0. The van der Waals surface area contributed by atoms with Gasteiger partial charge in [0.05, 0.1) is 5.02 Å². The van der Waals surface area contributed by atoms with Crippen molar-refractivity contribution in [1.29, 1.82) is 0 Å². The summed E-state index contributed by atoms with van der Waals surface area (Å²) in [6, 6.07) is 1.80. The van der Waals surface area contributed by atoms with E-state index >= 15 is 0 Å². The van der Waals surface area contributed by atoms with Gasteiger partial charge in [-0.25, -0.2) is 4.39 Å². The highest BCUT2D eigenvalue weighted by molar-refractivity contribution is 6.30. The molecule has 0 radical (unpaired) electrons. The van der Waals surface area contributed by atoms with Crippen molar-refractivity contribution in [1.82, 2.24) is 10.3 Å². The topological polar surface area (TPSA) is 24.9 Å². The third-order valence-electron chi connectivity index (χ3n) is 2.56. The normalized spacial score (nSPS) is 27.6. The number of hydrogen-bond donors (Lipinski definition) is 1. The van der Waals surface area contributed by atoms with Crippen LogP contribution in [0.5, 0.6) is 0 Å². The SMILES string of the molecule is FC1CNCCC1c1cncc(Cl)c1. The van der Waals surface area contributed by atoms with E-state index in [2.05, 4.69) is 10.3 Å². The molecule has 2 heterocycles. The van der Waals surface area contributed by atoms with Gasteiger partial charge in [0.1, 0.15) is 6.17 Å². The molecule has 2 nitrogen and oxygen atoms in total. The number of aromatic nitrogens is 1. The van der Waals surface area contributed by atoms with Gasteiger partial charge in [0, 0.05) is 24.9 Å². The van der Waals surface area contributed by atoms with Gasteiger partial charge in [-0.3, -0.25) is 4.98 Å². The van der Waals surface area contributed by atoms with E-state index in [1.807, 2.05) is 0 Å². The van der Waals surface area contributed by atoms with E-state index in [1.54, 1.807) is 18.5 Å². The molecule has 76 valence electrons. The molecule has 0 saturated carbocycles. The summed E-state index contributed by atoms with van der Waals surface area (Å²) >= 11 is 5.81. The molecule has 4 heteroatoms. The summed E-state index contributed by atoms with van der Waals surface area (Å²) in [6.07, 6.45) is 3.25. The molecule has 0 aliphatic carbocycles. The number of nitrogens with one attached hydrogen (secondary N) is 1. The summed E-state index contributed by atoms with van der Waals surface area (Å²) in [5, 5.41) is 3.60. The fourth-order valence-electron chi connectivity index (χ4n) is 1.83. The van der Waals surface area contributed by atoms with Crippen LogP contribution in [0.2, 0.25) is 5.02 Å². The molecule has 0 amide bonds. The Morgan fingerprint density at radius 2 is 2.36 bits per heavy atom. The van der Waals surface area contributed by atoms with Gasteiger partial charge in [0.2, 0.25) is 0 Å². The minimum atomic E-state index is -0.830. The van der Waals surface area contributed by atoms with Crippen molar-refractivity contribution in [2.45, 2.75) is 18.5 Å². The summed E-state index contributed by atoms with van der Waals surface area (Å²) in [5.74, 6) is -0.0533. The van der Waals surface area contributed by atoms with Crippen molar-refractivity contribution >= 4 is 11.6 Å². The van der Waals surface area contributed by atoms with Gasteiger partial charge in [-0.15, -0.1) is 0 Å². The van der Waals surface area contributed by atoms with Crippen LogP contribution in [0, 0.1) is 0 Å². The van der Waals surface area contributed by atoms with Crippen LogP contribution >= 0.6 is 11.6 Å². The molecule has 1 N–H and O–H groups in total. The van der Waals surface area contributed by atoms with Crippen LogP contribution in [0.4, 0.5) is 4.39 Å². The molecule has 2 unspecified atom stereocenters. The van der Waals surface area contributed by atoms with Gasteiger partial charge in [0.25, 0.3) is 0 Å². The molecule has 1 aromatic heterocycles. The zero-order valence-corrected chi connectivity index (χ0v) is 8.47. The highest BCUT2D eigenvalue weighted by atomic mass is 35.5. The van der Waals surface area contributed by atoms with Gasteiger partial charge in [-0.2, -0.15) is 0 Å². The zero-order chi connectivity index (χ0) is 9.97. The molecular formula is C10H12ClFN2. The smallest absolute Gasteiger partial charge is 0.119 e. The van der Waals surface area contributed by atoms with E-state index in [0.717, 1.165) is 18.5 Å². The zero-order valence-electron chi connectivity index (χ0n) is 7.71. The maximum absolute atomic E-state index is 13.5. The van der Waals surface area contributed by atoms with Gasteiger partial charge in [-0.1, -0.05) is 11.6 Å². The molecule has 1 saturated heterocycles. The predicted octanol–water partition coefficient (Wildman–Crippen LogP) is 2.15. The first-order valence-electron chi connectivity index (χ1n) is 4.72. The van der Waals surface area contributed by atoms with Crippen molar-refractivity contribution in [3.63, 3.8) is 0 Å². The quantitative estimate of drug-likeness (QED) is 0.775. The van der Waals surface area contributed by atoms with Crippen molar-refractivity contribution in [2.75, 3.05) is 13.1 Å². The van der Waals surface area contributed by atoms with E-state index in [9.17, 15) is 4.39 Å². The number of halogens is 2. The van der Waals surface area contributed by atoms with Gasteiger partial charge in [0.15, 0.2) is 0 Å². The first-order chi connectivity index (χ1) is 6.77. The molecule has 0 bridgehead atoms. The largest absolute Gasteiger partial charge is 0.314 e. The van der Waals surface area contributed by atoms with Crippen molar-refractivity contribution in [2.24, 2.45) is 0 Å². The second-order valence-electron chi connectivity index (χ2n) is 3.55. The lowest BCUT2D eigenvalue weighted by Gasteiger charge is -2.26. The molecule has 0 spiro atoms. The minimum absolute atomic E-state index is 0.0533. The van der Waals surface area contributed by atoms with E-state index in [1.165, 1.54) is 0 Å². The Kier molecular flexibility index (Phi) is 2.99. The third-order valence-corrected chi connectivity index (χ3v) is 2.77. The third kappa shape index (κ3) is 2.04. The number of hydrogen-bond acceptors (Lipinski definition) is 2. The molecular weight excluding hydrogens is 203 g/mol. The Balaban J connectivity index is 2.20. The highest BCUT2D eigenvalue weighted by Gasteiger charge is 2.26. The Morgan fingerprint density at radius 3 is 3.07 bits per heavy atom. The molecule has 0 aromatic carbocycles. The number of pyridine rings is 1. The predicted molar refractivity (Wildman–Crippen MR) is 54.4 cm³/mol. The maximum Gasteiger partial charge on any atom is 0.119 e. The van der Waals surface area contributed by atoms with Gasteiger partial charge >= 0.3 is 0 Å². The molecule has 2 rings (SSSR count). The fraction of sp³-hybridized carbons (Fsp3) is 0.500. The maximum atomic E-state index is 13.5. The van der Waals surface area contributed by atoms with Crippen LogP contribution in [0.25, 0.3) is 0 Å². The van der Waals surface area contributed by atoms with Crippen LogP contribution in [-0.2, 0) is 0 Å². The number of nitrogens with zero attached hydrogens (tertiary/aromatic N) is 1. The summed E-state index contributed by atoms with van der Waals surface area (Å²) < 4.78 is 13.5. The van der Waals surface area contributed by atoms with Gasteiger partial charge < -0.3 is 5.32 Å².